The summed E-state index contributed by atoms with van der Waals surface area (Å²) in [5, 5.41) is 7.42. The van der Waals surface area contributed by atoms with Crippen LogP contribution < -0.4 is 19.5 Å². The lowest BCUT2D eigenvalue weighted by Gasteiger charge is -2.17. The minimum absolute atomic E-state index is 0.0863. The first-order chi connectivity index (χ1) is 21.2. The number of nitrogens with zero attached hydrogens (tertiary/aromatic N) is 3. The van der Waals surface area contributed by atoms with Gasteiger partial charge in [-0.3, -0.25) is 4.79 Å². The molecule has 244 valence electrons. The lowest BCUT2D eigenvalue weighted by molar-refractivity contribution is -0.151. The third kappa shape index (κ3) is 8.67. The molecular formula is C30H35ClF3N5O5S. The van der Waals surface area contributed by atoms with Crippen molar-refractivity contribution in [3.8, 4) is 17.4 Å². The number of nitrogens with one attached hydrogen (secondary N) is 2. The first-order valence-electron chi connectivity index (χ1n) is 14.7. The van der Waals surface area contributed by atoms with E-state index in [0.29, 0.717) is 18.3 Å². The highest BCUT2D eigenvalue weighted by molar-refractivity contribution is 7.90. The summed E-state index contributed by atoms with van der Waals surface area (Å²) in [6.45, 7) is 5.99. The van der Waals surface area contributed by atoms with Gasteiger partial charge in [-0.05, 0) is 101 Å². The monoisotopic (exact) mass is 669 g/mol. The normalized spacial score (nSPS) is 21.0. The van der Waals surface area contributed by atoms with E-state index in [1.165, 1.54) is 53.3 Å². The van der Waals surface area contributed by atoms with Crippen molar-refractivity contribution in [1.82, 2.24) is 24.8 Å². The molecule has 10 nitrogen and oxygen atoms in total. The number of benzene rings is 1. The zero-order valence-electron chi connectivity index (χ0n) is 24.8. The zero-order chi connectivity index (χ0) is 32.4. The van der Waals surface area contributed by atoms with E-state index >= 15 is 0 Å². The topological polar surface area (TPSA) is 124 Å². The number of ether oxygens (including phenoxy) is 2. The van der Waals surface area contributed by atoms with Gasteiger partial charge in [0, 0.05) is 17.8 Å². The second-order valence-electron chi connectivity index (χ2n) is 12.1. The lowest BCUT2D eigenvalue weighted by Crippen LogP contribution is -2.31. The fourth-order valence-corrected chi connectivity index (χ4v) is 6.72. The third-order valence-electron chi connectivity index (χ3n) is 8.01. The number of sulfonamides is 1. The summed E-state index contributed by atoms with van der Waals surface area (Å²) in [4.78, 5) is 16.8. The van der Waals surface area contributed by atoms with Gasteiger partial charge in [0.2, 0.25) is 5.88 Å². The summed E-state index contributed by atoms with van der Waals surface area (Å²) >= 11 is 6.22. The molecule has 2 aliphatic rings. The van der Waals surface area contributed by atoms with E-state index in [9.17, 15) is 26.4 Å². The first kappa shape index (κ1) is 33.0. The van der Waals surface area contributed by atoms with Crippen molar-refractivity contribution < 1.29 is 35.9 Å². The van der Waals surface area contributed by atoms with Gasteiger partial charge in [-0.1, -0.05) is 11.6 Å². The molecule has 0 bridgehead atoms. The van der Waals surface area contributed by atoms with E-state index < -0.39 is 33.9 Å². The molecule has 3 aromatic rings. The van der Waals surface area contributed by atoms with E-state index in [1.54, 1.807) is 0 Å². The van der Waals surface area contributed by atoms with E-state index in [4.69, 9.17) is 21.1 Å². The number of rotatable bonds is 13. The van der Waals surface area contributed by atoms with Crippen molar-refractivity contribution in [3.05, 3.63) is 59.4 Å². The summed E-state index contributed by atoms with van der Waals surface area (Å²) in [5.41, 5.74) is 0.00159. The molecule has 2 N–H and O–H groups in total. The van der Waals surface area contributed by atoms with Gasteiger partial charge in [0.1, 0.15) is 10.9 Å². The Kier molecular flexibility index (Phi) is 9.66. The zero-order valence-corrected chi connectivity index (χ0v) is 26.4. The largest absolute Gasteiger partial charge is 0.494 e. The highest BCUT2D eigenvalue weighted by Crippen LogP contribution is 2.51. The van der Waals surface area contributed by atoms with Gasteiger partial charge in [0.05, 0.1) is 29.6 Å². The molecule has 1 amide bonds. The molecule has 5 rings (SSSR count). The van der Waals surface area contributed by atoms with Crippen molar-refractivity contribution in [1.29, 1.82) is 0 Å². The molecule has 45 heavy (non-hydrogen) atoms. The number of alkyl halides is 3. The minimum atomic E-state index is -4.21. The van der Waals surface area contributed by atoms with Crippen LogP contribution >= 0.6 is 11.6 Å². The van der Waals surface area contributed by atoms with Crippen LogP contribution in [0, 0.1) is 17.8 Å². The van der Waals surface area contributed by atoms with Gasteiger partial charge in [-0.15, -0.1) is 5.10 Å². The molecule has 2 aromatic heterocycles. The Bertz CT molecular complexity index is 1610. The predicted molar refractivity (Wildman–Crippen MR) is 160 cm³/mol. The molecule has 1 aliphatic carbocycles. The van der Waals surface area contributed by atoms with Gasteiger partial charge in [0.25, 0.3) is 15.9 Å². The fraction of sp³-hybridized carbons (Fsp3) is 0.500. The molecule has 0 radical (unpaired) electrons. The number of carbonyl (C=O) groups excluding carboxylic acids is 1. The summed E-state index contributed by atoms with van der Waals surface area (Å²) < 4.78 is 78.3. The maximum Gasteiger partial charge on any atom is 0.392 e. The molecular weight excluding hydrogens is 635 g/mol. The van der Waals surface area contributed by atoms with Crippen LogP contribution in [0.5, 0.6) is 11.6 Å². The maximum absolute atomic E-state index is 12.9. The second-order valence-corrected chi connectivity index (χ2v) is 14.2. The van der Waals surface area contributed by atoms with Crippen LogP contribution in [0.3, 0.4) is 0 Å². The molecule has 1 aliphatic heterocycles. The second kappa shape index (κ2) is 13.2. The van der Waals surface area contributed by atoms with Crippen molar-refractivity contribution >= 4 is 27.5 Å². The number of carbonyl (C=O) groups is 1. The van der Waals surface area contributed by atoms with E-state index in [0.717, 1.165) is 25.8 Å². The minimum Gasteiger partial charge on any atom is -0.494 e. The first-order valence-corrected chi connectivity index (χ1v) is 16.5. The predicted octanol–water partition coefficient (Wildman–Crippen LogP) is 5.55. The molecule has 1 saturated heterocycles. The van der Waals surface area contributed by atoms with Crippen molar-refractivity contribution in [3.63, 3.8) is 0 Å². The summed E-state index contributed by atoms with van der Waals surface area (Å²) in [6.07, 6.45) is 0.774. The quantitative estimate of drug-likeness (QED) is 0.179. The number of hydrogen-bond donors (Lipinski definition) is 2. The molecule has 15 heteroatoms. The van der Waals surface area contributed by atoms with Gasteiger partial charge < -0.3 is 14.8 Å². The van der Waals surface area contributed by atoms with Crippen LogP contribution in [0.4, 0.5) is 13.2 Å². The average molecular weight is 670 g/mol. The van der Waals surface area contributed by atoms with E-state index in [1.807, 2.05) is 4.72 Å². The number of amides is 1. The Morgan fingerprint density at radius 2 is 1.87 bits per heavy atom. The summed E-state index contributed by atoms with van der Waals surface area (Å²) in [5.74, 6) is -1.12. The van der Waals surface area contributed by atoms with E-state index in [-0.39, 0.29) is 52.3 Å². The highest BCUT2D eigenvalue weighted by Gasteiger charge is 2.55. The fourth-order valence-electron chi connectivity index (χ4n) is 5.52. The molecule has 2 fully saturated rings. The number of aromatic nitrogens is 3. The van der Waals surface area contributed by atoms with Crippen LogP contribution in [0.15, 0.2) is 53.6 Å². The molecule has 0 spiro atoms. The van der Waals surface area contributed by atoms with Crippen LogP contribution in [0.1, 0.15) is 56.3 Å². The molecule has 3 heterocycles. The van der Waals surface area contributed by atoms with Crippen molar-refractivity contribution in [2.75, 3.05) is 19.8 Å². The summed E-state index contributed by atoms with van der Waals surface area (Å²) in [6, 6.07) is 10.0. The highest BCUT2D eigenvalue weighted by atomic mass is 35.5. The molecule has 3 atom stereocenters. The molecule has 3 unspecified atom stereocenters. The number of pyridine rings is 1. The van der Waals surface area contributed by atoms with Crippen LogP contribution in [-0.4, -0.2) is 60.6 Å². The number of halogens is 4. The third-order valence-corrected chi connectivity index (χ3v) is 9.65. The van der Waals surface area contributed by atoms with Gasteiger partial charge >= 0.3 is 6.18 Å². The van der Waals surface area contributed by atoms with Crippen molar-refractivity contribution in [2.45, 2.75) is 62.6 Å². The Hall–Kier alpha value is -3.36. The van der Waals surface area contributed by atoms with Gasteiger partial charge in [-0.2, -0.15) is 13.2 Å². The molecule has 1 saturated carbocycles. The maximum atomic E-state index is 12.9. The SMILES string of the molecule is CC1(C)CC(CCCOc2ccc(S(=O)(=O)NC(=O)c3ccc(-n4ccc(OCCC5CC5C(F)(F)F)n4)nc3Cl)cc2)CN1. The Morgan fingerprint density at radius 3 is 2.51 bits per heavy atom. The van der Waals surface area contributed by atoms with Gasteiger partial charge in [0.15, 0.2) is 5.82 Å². The lowest BCUT2D eigenvalue weighted by atomic mass is 9.94. The average Bonchev–Trinajstić information content (AvgIpc) is 3.47. The molecule has 1 aromatic carbocycles. The van der Waals surface area contributed by atoms with Gasteiger partial charge in [-0.25, -0.2) is 22.8 Å². The van der Waals surface area contributed by atoms with Crippen LogP contribution in [0.2, 0.25) is 5.15 Å². The van der Waals surface area contributed by atoms with E-state index in [2.05, 4.69) is 29.2 Å². The number of hydrogen-bond acceptors (Lipinski definition) is 8. The standard InChI is InChI=1S/C30H35ClF3N5O5S/c1-29(2)17-19(18-35-29)4-3-14-43-21-5-7-22(8-6-21)45(41,42)38-28(40)23-9-10-25(36-27(23)31)39-13-11-26(37-39)44-15-12-20-16-24(20)30(32,33)34/h5-11,13,19-20,24,35H,3-4,12,14-18H2,1-2H3,(H,38,40). The Morgan fingerprint density at radius 1 is 1.11 bits per heavy atom. The van der Waals surface area contributed by atoms with Crippen LogP contribution in [0.25, 0.3) is 5.82 Å². The van der Waals surface area contributed by atoms with Crippen molar-refractivity contribution in [2.24, 2.45) is 17.8 Å². The smallest absolute Gasteiger partial charge is 0.392 e. The Labute approximate surface area is 264 Å². The summed E-state index contributed by atoms with van der Waals surface area (Å²) in [7, 11) is -4.21. The van der Waals surface area contributed by atoms with Crippen LogP contribution in [-0.2, 0) is 10.0 Å². The Balaban J connectivity index is 1.10.